The molecule has 4 nitrogen and oxygen atoms in total. The fraction of sp³-hybridized carbons (Fsp3) is 0.714. The van der Waals surface area contributed by atoms with E-state index in [4.69, 9.17) is 0 Å². The highest BCUT2D eigenvalue weighted by Gasteiger charge is 1.96. The third-order valence-electron chi connectivity index (χ3n) is 1.09. The van der Waals surface area contributed by atoms with Crippen LogP contribution < -0.4 is 5.32 Å². The number of nitrogens with zero attached hydrogens (tertiary/aromatic N) is 1. The topological polar surface area (TPSA) is 55.2 Å². The van der Waals surface area contributed by atoms with Gasteiger partial charge in [-0.1, -0.05) is 13.8 Å². The molecule has 0 bridgehead atoms. The first kappa shape index (κ1) is 9.94. The van der Waals surface area contributed by atoms with Crippen molar-refractivity contribution >= 4 is 0 Å². The summed E-state index contributed by atoms with van der Waals surface area (Å²) in [5.74, 6) is 0.505. The van der Waals surface area contributed by atoms with Crippen LogP contribution in [0.1, 0.15) is 20.8 Å². The van der Waals surface area contributed by atoms with Gasteiger partial charge in [-0.25, -0.2) is 0 Å². The van der Waals surface area contributed by atoms with Gasteiger partial charge in [0.2, 0.25) is 0 Å². The van der Waals surface area contributed by atoms with Crippen LogP contribution in [0.5, 0.6) is 0 Å². The zero-order chi connectivity index (χ0) is 8.85. The Bertz CT molecular complexity index is 164. The molecule has 0 aliphatic carbocycles. The van der Waals surface area contributed by atoms with Crippen molar-refractivity contribution in [3.05, 3.63) is 22.0 Å². The van der Waals surface area contributed by atoms with Gasteiger partial charge in [-0.3, -0.25) is 10.1 Å². The van der Waals surface area contributed by atoms with E-state index in [0.717, 1.165) is 12.7 Å². The van der Waals surface area contributed by atoms with Crippen molar-refractivity contribution < 1.29 is 4.92 Å². The molecular weight excluding hydrogens is 144 g/mol. The van der Waals surface area contributed by atoms with Gasteiger partial charge in [0.15, 0.2) is 0 Å². The molecule has 0 rings (SSSR count). The molecule has 0 fully saturated rings. The number of allylic oxidation sites excluding steroid dienone is 1. The largest absolute Gasteiger partial charge is 0.383 e. The van der Waals surface area contributed by atoms with Crippen LogP contribution in [-0.4, -0.2) is 11.5 Å². The van der Waals surface area contributed by atoms with Crippen molar-refractivity contribution in [2.75, 3.05) is 6.54 Å². The van der Waals surface area contributed by atoms with Crippen molar-refractivity contribution in [3.63, 3.8) is 0 Å². The fourth-order valence-electron chi connectivity index (χ4n) is 0.569. The normalized spacial score (nSPS) is 11.8. The second-order valence-electron chi connectivity index (χ2n) is 2.87. The van der Waals surface area contributed by atoms with Crippen molar-refractivity contribution in [3.8, 4) is 0 Å². The first-order valence-electron chi connectivity index (χ1n) is 3.58. The Morgan fingerprint density at radius 1 is 1.73 bits per heavy atom. The molecule has 0 saturated carbocycles. The van der Waals surface area contributed by atoms with Gasteiger partial charge in [-0.2, -0.15) is 0 Å². The van der Waals surface area contributed by atoms with Crippen LogP contribution in [0.25, 0.3) is 0 Å². The standard InChI is InChI=1S/C7H14N2O2/c1-6(2)4-8-7(3)5-9(10)11/h5-6,8H,4H2,1-3H3/b7-5+. The first-order chi connectivity index (χ1) is 5.02. The molecule has 0 amide bonds. The maximum atomic E-state index is 9.94. The molecule has 4 heteroatoms. The van der Waals surface area contributed by atoms with Crippen LogP contribution >= 0.6 is 0 Å². The fourth-order valence-corrected chi connectivity index (χ4v) is 0.569. The second-order valence-corrected chi connectivity index (χ2v) is 2.87. The first-order valence-corrected chi connectivity index (χ1v) is 3.58. The van der Waals surface area contributed by atoms with Crippen LogP contribution in [0.3, 0.4) is 0 Å². The zero-order valence-corrected chi connectivity index (χ0v) is 7.13. The van der Waals surface area contributed by atoms with E-state index in [1.807, 2.05) is 13.8 Å². The van der Waals surface area contributed by atoms with Crippen molar-refractivity contribution in [2.45, 2.75) is 20.8 Å². The lowest BCUT2D eigenvalue weighted by atomic mass is 10.2. The van der Waals surface area contributed by atoms with Crippen molar-refractivity contribution in [1.29, 1.82) is 0 Å². The summed E-state index contributed by atoms with van der Waals surface area (Å²) in [7, 11) is 0. The van der Waals surface area contributed by atoms with Crippen LogP contribution in [0.15, 0.2) is 11.9 Å². The summed E-state index contributed by atoms with van der Waals surface area (Å²) >= 11 is 0. The average Bonchev–Trinajstić information content (AvgIpc) is 1.82. The van der Waals surface area contributed by atoms with Gasteiger partial charge < -0.3 is 5.32 Å². The maximum Gasteiger partial charge on any atom is 0.252 e. The van der Waals surface area contributed by atoms with E-state index in [0.29, 0.717) is 11.6 Å². The highest BCUT2D eigenvalue weighted by molar-refractivity contribution is 4.88. The smallest absolute Gasteiger partial charge is 0.252 e. The third kappa shape index (κ3) is 6.83. The summed E-state index contributed by atoms with van der Waals surface area (Å²) < 4.78 is 0. The number of hydrogen-bond acceptors (Lipinski definition) is 3. The van der Waals surface area contributed by atoms with E-state index < -0.39 is 4.92 Å². The van der Waals surface area contributed by atoms with E-state index in [2.05, 4.69) is 5.32 Å². The average molecular weight is 158 g/mol. The molecule has 0 aromatic heterocycles. The number of nitro groups is 1. The number of nitrogens with one attached hydrogen (secondary N) is 1. The zero-order valence-electron chi connectivity index (χ0n) is 7.13. The molecule has 0 aromatic rings. The predicted octanol–water partition coefficient (Wildman–Crippen LogP) is 1.37. The van der Waals surface area contributed by atoms with Crippen molar-refractivity contribution in [1.82, 2.24) is 5.32 Å². The minimum absolute atomic E-state index is 0.456. The molecule has 0 saturated heterocycles. The van der Waals surface area contributed by atoms with Crippen LogP contribution in [0.2, 0.25) is 0 Å². The Kier molecular flexibility index (Phi) is 4.26. The van der Waals surface area contributed by atoms with E-state index in [-0.39, 0.29) is 0 Å². The highest BCUT2D eigenvalue weighted by Crippen LogP contribution is 1.91. The molecule has 0 aliphatic rings. The molecule has 0 unspecified atom stereocenters. The number of hydrogen-bond donors (Lipinski definition) is 1. The molecule has 0 aliphatic heterocycles. The van der Waals surface area contributed by atoms with E-state index in [1.165, 1.54) is 0 Å². The quantitative estimate of drug-likeness (QED) is 0.496. The molecule has 0 aromatic carbocycles. The molecule has 0 radical (unpaired) electrons. The second kappa shape index (κ2) is 4.71. The molecule has 1 N–H and O–H groups in total. The lowest BCUT2D eigenvalue weighted by Gasteiger charge is -2.05. The minimum atomic E-state index is -0.456. The number of rotatable bonds is 4. The molecule has 0 heterocycles. The Morgan fingerprint density at radius 2 is 2.27 bits per heavy atom. The van der Waals surface area contributed by atoms with Gasteiger partial charge in [0.05, 0.1) is 10.6 Å². The molecule has 0 spiro atoms. The monoisotopic (exact) mass is 158 g/mol. The van der Waals surface area contributed by atoms with Crippen LogP contribution in [0, 0.1) is 16.0 Å². The summed E-state index contributed by atoms with van der Waals surface area (Å²) in [4.78, 5) is 9.49. The lowest BCUT2D eigenvalue weighted by molar-refractivity contribution is -0.403. The molecular formula is C7H14N2O2. The summed E-state index contributed by atoms with van der Waals surface area (Å²) in [6, 6.07) is 0. The third-order valence-corrected chi connectivity index (χ3v) is 1.09. The Morgan fingerprint density at radius 3 is 2.64 bits per heavy atom. The maximum absolute atomic E-state index is 9.94. The van der Waals surface area contributed by atoms with Gasteiger partial charge in [-0.15, -0.1) is 0 Å². The summed E-state index contributed by atoms with van der Waals surface area (Å²) in [6.45, 7) is 6.56. The lowest BCUT2D eigenvalue weighted by Crippen LogP contribution is -2.18. The van der Waals surface area contributed by atoms with Gasteiger partial charge in [0.1, 0.15) is 0 Å². The highest BCUT2D eigenvalue weighted by atomic mass is 16.6. The Hall–Kier alpha value is -1.06. The SMILES string of the molecule is C/C(=C\[N+](=O)[O-])NCC(C)C. The van der Waals surface area contributed by atoms with Crippen molar-refractivity contribution in [2.24, 2.45) is 5.92 Å². The summed E-state index contributed by atoms with van der Waals surface area (Å²) in [5, 5.41) is 12.9. The van der Waals surface area contributed by atoms with Gasteiger partial charge in [0, 0.05) is 6.54 Å². The van der Waals surface area contributed by atoms with E-state index in [1.54, 1.807) is 6.92 Å². The van der Waals surface area contributed by atoms with Crippen LogP contribution in [0.4, 0.5) is 0 Å². The molecule has 0 atom stereocenters. The predicted molar refractivity (Wildman–Crippen MR) is 43.6 cm³/mol. The summed E-state index contributed by atoms with van der Waals surface area (Å²) in [5.41, 5.74) is 0.601. The van der Waals surface area contributed by atoms with E-state index >= 15 is 0 Å². The van der Waals surface area contributed by atoms with Gasteiger partial charge in [0.25, 0.3) is 6.20 Å². The van der Waals surface area contributed by atoms with E-state index in [9.17, 15) is 10.1 Å². The van der Waals surface area contributed by atoms with Crippen LogP contribution in [-0.2, 0) is 0 Å². The summed E-state index contributed by atoms with van der Waals surface area (Å²) in [6.07, 6.45) is 0.975. The molecule has 64 valence electrons. The van der Waals surface area contributed by atoms with Gasteiger partial charge >= 0.3 is 0 Å². The molecule has 11 heavy (non-hydrogen) atoms. The Balaban J connectivity index is 3.68. The Labute approximate surface area is 66.4 Å². The van der Waals surface area contributed by atoms with Gasteiger partial charge in [-0.05, 0) is 12.8 Å². The minimum Gasteiger partial charge on any atom is -0.383 e.